The molecule has 0 aliphatic carbocycles. The van der Waals surface area contributed by atoms with E-state index in [0.29, 0.717) is 15.8 Å². The van der Waals surface area contributed by atoms with Gasteiger partial charge in [0.2, 0.25) is 0 Å². The summed E-state index contributed by atoms with van der Waals surface area (Å²) in [5.41, 5.74) is 1.37. The molecule has 8 heteroatoms. The number of benzene rings is 2. The molecule has 0 radical (unpaired) electrons. The zero-order valence-corrected chi connectivity index (χ0v) is 16.8. The number of nitrogens with one attached hydrogen (secondary N) is 1. The smallest absolute Gasteiger partial charge is 0.265 e. The number of alkyl halides is 2. The van der Waals surface area contributed by atoms with Crippen LogP contribution in [-0.4, -0.2) is 34.4 Å². The van der Waals surface area contributed by atoms with Crippen LogP contribution in [0.25, 0.3) is 10.9 Å². The van der Waals surface area contributed by atoms with E-state index in [2.05, 4.69) is 26.1 Å². The third kappa shape index (κ3) is 3.66. The molecule has 3 aromatic rings. The standard InChI is InChI=1S/C19H18BrF2N3OS/c20-13-1-4-15(5-2-13)27(26)25-12-17(19(21)22)16-11-14(3-6-18(16)25)24-9-7-23-8-10-24/h1-6,11-12,19,23H,7-10H2. The maximum absolute atomic E-state index is 13.7. The fourth-order valence-electron chi connectivity index (χ4n) is 3.31. The summed E-state index contributed by atoms with van der Waals surface area (Å²) in [6.45, 7) is 3.41. The lowest BCUT2D eigenvalue weighted by atomic mass is 10.1. The SMILES string of the molecule is O=S(c1ccc(Br)cc1)n1cc(C(F)F)c2cc(N3CCNCC3)ccc21. The monoisotopic (exact) mass is 453 g/mol. The number of rotatable bonds is 4. The summed E-state index contributed by atoms with van der Waals surface area (Å²) in [4.78, 5) is 2.73. The van der Waals surface area contributed by atoms with Crippen molar-refractivity contribution in [2.75, 3.05) is 31.1 Å². The number of fused-ring (bicyclic) bond motifs is 1. The molecule has 0 amide bonds. The second-order valence-electron chi connectivity index (χ2n) is 6.35. The second-order valence-corrected chi connectivity index (χ2v) is 8.63. The average molecular weight is 454 g/mol. The zero-order chi connectivity index (χ0) is 19.0. The van der Waals surface area contributed by atoms with E-state index in [9.17, 15) is 13.0 Å². The minimum atomic E-state index is -2.63. The summed E-state index contributed by atoms with van der Waals surface area (Å²) >= 11 is 3.35. The highest BCUT2D eigenvalue weighted by atomic mass is 79.9. The van der Waals surface area contributed by atoms with Gasteiger partial charge in [0.1, 0.15) is 0 Å². The molecule has 4 rings (SSSR count). The molecule has 2 aromatic carbocycles. The molecule has 1 aliphatic rings. The Balaban J connectivity index is 1.79. The van der Waals surface area contributed by atoms with E-state index in [1.807, 2.05) is 6.07 Å². The van der Waals surface area contributed by atoms with Gasteiger partial charge >= 0.3 is 0 Å². The van der Waals surface area contributed by atoms with Crippen molar-refractivity contribution in [2.24, 2.45) is 0 Å². The summed E-state index contributed by atoms with van der Waals surface area (Å²) in [7, 11) is -1.60. The molecule has 4 nitrogen and oxygen atoms in total. The molecule has 142 valence electrons. The quantitative estimate of drug-likeness (QED) is 0.638. The highest BCUT2D eigenvalue weighted by Crippen LogP contribution is 2.34. The van der Waals surface area contributed by atoms with Crippen molar-refractivity contribution >= 4 is 43.5 Å². The molecule has 0 spiro atoms. The Kier molecular flexibility index (Phi) is 5.29. The average Bonchev–Trinajstić information content (AvgIpc) is 3.08. The Morgan fingerprint density at radius 3 is 2.44 bits per heavy atom. The Morgan fingerprint density at radius 1 is 1.07 bits per heavy atom. The molecule has 1 aromatic heterocycles. The first-order valence-corrected chi connectivity index (χ1v) is 10.5. The Labute approximate surface area is 166 Å². The van der Waals surface area contributed by atoms with Crippen LogP contribution in [0.3, 0.4) is 0 Å². The molecular formula is C19H18BrF2N3OS. The number of piperazine rings is 1. The van der Waals surface area contributed by atoms with Gasteiger partial charge in [-0.1, -0.05) is 15.9 Å². The molecule has 1 fully saturated rings. The number of halogens is 3. The molecule has 1 atom stereocenters. The largest absolute Gasteiger partial charge is 0.369 e. The molecule has 1 N–H and O–H groups in total. The molecule has 0 bridgehead atoms. The maximum Gasteiger partial charge on any atom is 0.265 e. The molecular weight excluding hydrogens is 436 g/mol. The third-order valence-electron chi connectivity index (χ3n) is 4.70. The minimum Gasteiger partial charge on any atom is -0.369 e. The lowest BCUT2D eigenvalue weighted by molar-refractivity contribution is 0.153. The van der Waals surface area contributed by atoms with Gasteiger partial charge in [0.25, 0.3) is 6.43 Å². The van der Waals surface area contributed by atoms with Crippen molar-refractivity contribution in [1.82, 2.24) is 9.29 Å². The molecule has 27 heavy (non-hydrogen) atoms. The van der Waals surface area contributed by atoms with Gasteiger partial charge in [0, 0.05) is 53.5 Å². The van der Waals surface area contributed by atoms with E-state index in [1.165, 1.54) is 10.2 Å². The number of anilines is 1. The van der Waals surface area contributed by atoms with Crippen molar-refractivity contribution in [2.45, 2.75) is 11.3 Å². The van der Waals surface area contributed by atoms with Crippen LogP contribution in [0.1, 0.15) is 12.0 Å². The fraction of sp³-hybridized carbons (Fsp3) is 0.263. The summed E-state index contributed by atoms with van der Waals surface area (Å²) in [5.74, 6) is 0. The van der Waals surface area contributed by atoms with Gasteiger partial charge in [-0.15, -0.1) is 0 Å². The van der Waals surface area contributed by atoms with Crippen molar-refractivity contribution in [3.05, 3.63) is 58.7 Å². The maximum atomic E-state index is 13.7. The van der Waals surface area contributed by atoms with Gasteiger partial charge < -0.3 is 10.2 Å². The van der Waals surface area contributed by atoms with Crippen LogP contribution in [0.5, 0.6) is 0 Å². The van der Waals surface area contributed by atoms with Crippen molar-refractivity contribution < 1.29 is 13.0 Å². The van der Waals surface area contributed by atoms with Crippen molar-refractivity contribution in [1.29, 1.82) is 0 Å². The molecule has 2 heterocycles. The van der Waals surface area contributed by atoms with E-state index < -0.39 is 17.4 Å². The van der Waals surface area contributed by atoms with Gasteiger partial charge in [-0.25, -0.2) is 13.0 Å². The highest BCUT2D eigenvalue weighted by Gasteiger charge is 2.21. The topological polar surface area (TPSA) is 37.3 Å². The van der Waals surface area contributed by atoms with Crippen LogP contribution < -0.4 is 10.2 Å². The number of hydrogen-bond acceptors (Lipinski definition) is 3. The first kappa shape index (κ1) is 18.6. The molecule has 1 saturated heterocycles. The van der Waals surface area contributed by atoms with Crippen LogP contribution in [0.15, 0.2) is 58.0 Å². The van der Waals surface area contributed by atoms with Gasteiger partial charge in [-0.2, -0.15) is 0 Å². The fourth-order valence-corrected chi connectivity index (χ4v) is 4.72. The predicted molar refractivity (Wildman–Crippen MR) is 108 cm³/mol. The summed E-state index contributed by atoms with van der Waals surface area (Å²) < 4.78 is 42.6. The van der Waals surface area contributed by atoms with E-state index >= 15 is 0 Å². The number of aromatic nitrogens is 1. The zero-order valence-electron chi connectivity index (χ0n) is 14.4. The third-order valence-corrected chi connectivity index (χ3v) is 6.56. The van der Waals surface area contributed by atoms with E-state index in [1.54, 1.807) is 36.4 Å². The number of nitrogens with zero attached hydrogens (tertiary/aromatic N) is 2. The van der Waals surface area contributed by atoms with Gasteiger partial charge in [-0.05, 0) is 42.5 Å². The van der Waals surface area contributed by atoms with Crippen LogP contribution in [0, 0.1) is 0 Å². The summed E-state index contributed by atoms with van der Waals surface area (Å²) in [6.07, 6.45) is -1.32. The first-order chi connectivity index (χ1) is 13.0. The van der Waals surface area contributed by atoms with Crippen LogP contribution >= 0.6 is 15.9 Å². The van der Waals surface area contributed by atoms with Gasteiger partial charge in [0.15, 0.2) is 11.0 Å². The van der Waals surface area contributed by atoms with E-state index in [-0.39, 0.29) is 5.56 Å². The molecule has 0 saturated carbocycles. The second kappa shape index (κ2) is 7.69. The predicted octanol–water partition coefficient (Wildman–Crippen LogP) is 4.32. The Hall–Kier alpha value is -1.77. The Morgan fingerprint density at radius 2 is 1.78 bits per heavy atom. The van der Waals surface area contributed by atoms with Crippen LogP contribution in [-0.2, 0) is 11.0 Å². The highest BCUT2D eigenvalue weighted by molar-refractivity contribution is 9.10. The van der Waals surface area contributed by atoms with Gasteiger partial charge in [-0.3, -0.25) is 3.97 Å². The van der Waals surface area contributed by atoms with Gasteiger partial charge in [0.05, 0.1) is 10.4 Å². The Bertz CT molecular complexity index is 985. The minimum absolute atomic E-state index is 0.0903. The van der Waals surface area contributed by atoms with Crippen LogP contribution in [0.4, 0.5) is 14.5 Å². The molecule has 1 unspecified atom stereocenters. The number of hydrogen-bond donors (Lipinski definition) is 1. The normalized spacial score (nSPS) is 16.2. The lowest BCUT2D eigenvalue weighted by Crippen LogP contribution is -2.43. The van der Waals surface area contributed by atoms with E-state index in [4.69, 9.17) is 0 Å². The van der Waals surface area contributed by atoms with Crippen molar-refractivity contribution in [3.63, 3.8) is 0 Å². The summed E-state index contributed by atoms with van der Waals surface area (Å²) in [6, 6.07) is 12.5. The van der Waals surface area contributed by atoms with Crippen LogP contribution in [0.2, 0.25) is 0 Å². The van der Waals surface area contributed by atoms with E-state index in [0.717, 1.165) is 36.3 Å². The first-order valence-electron chi connectivity index (χ1n) is 8.61. The molecule has 1 aliphatic heterocycles. The lowest BCUT2D eigenvalue weighted by Gasteiger charge is -2.29. The van der Waals surface area contributed by atoms with Crippen molar-refractivity contribution in [3.8, 4) is 0 Å². The summed E-state index contributed by atoms with van der Waals surface area (Å²) in [5, 5.41) is 3.73.